The van der Waals surface area contributed by atoms with E-state index in [0.29, 0.717) is 0 Å². The molecule has 2 aromatic rings. The fourth-order valence-electron chi connectivity index (χ4n) is 1.07. The molecule has 0 bridgehead atoms. The molecule has 0 aliphatic carbocycles. The first-order valence-electron chi connectivity index (χ1n) is 3.07. The van der Waals surface area contributed by atoms with E-state index in [2.05, 4.69) is 42.5 Å². The summed E-state index contributed by atoms with van der Waals surface area (Å²) in [4.78, 5) is 0. The standard InChI is InChI=1S/C9H7.Hf.3HI/c1-2-5-9-7-3-6-8(9)4-1;;;;/h1-7H;;3*1H/q-1;+4;;;/p-3. The summed E-state index contributed by atoms with van der Waals surface area (Å²) in [6.07, 6.45) is 0. The molecular formula is C9H7HfI3. The zero-order chi connectivity index (χ0) is 6.10. The summed E-state index contributed by atoms with van der Waals surface area (Å²) in [5, 5.41) is 2.66. The maximum Gasteiger partial charge on any atom is 4.00 e. The van der Waals surface area contributed by atoms with Crippen LogP contribution in [0.1, 0.15) is 0 Å². The molecule has 0 saturated carbocycles. The second-order valence-electron chi connectivity index (χ2n) is 2.15. The number of fused-ring (bicyclic) bond motifs is 1. The van der Waals surface area contributed by atoms with Crippen LogP contribution in [-0.2, 0) is 25.8 Å². The minimum Gasteiger partial charge on any atom is -1.00 e. The molecule has 0 saturated heterocycles. The van der Waals surface area contributed by atoms with Crippen LogP contribution in [0, 0.1) is 0 Å². The van der Waals surface area contributed by atoms with Crippen molar-refractivity contribution in [3.63, 3.8) is 0 Å². The minimum atomic E-state index is 0. The van der Waals surface area contributed by atoms with Crippen LogP contribution in [0.4, 0.5) is 0 Å². The summed E-state index contributed by atoms with van der Waals surface area (Å²) in [5.74, 6) is 0. The van der Waals surface area contributed by atoms with E-state index in [1.165, 1.54) is 10.8 Å². The van der Waals surface area contributed by atoms with Crippen molar-refractivity contribution in [1.82, 2.24) is 0 Å². The molecule has 0 aliphatic heterocycles. The van der Waals surface area contributed by atoms with Crippen LogP contribution in [0.15, 0.2) is 42.5 Å². The molecule has 2 rings (SSSR count). The molecule has 0 radical (unpaired) electrons. The Balaban J connectivity index is -0.000000250. The maximum atomic E-state index is 2.12. The van der Waals surface area contributed by atoms with Gasteiger partial charge in [-0.05, 0) is 0 Å². The summed E-state index contributed by atoms with van der Waals surface area (Å²) in [7, 11) is 0. The van der Waals surface area contributed by atoms with Crippen molar-refractivity contribution in [2.24, 2.45) is 0 Å². The minimum absolute atomic E-state index is 0. The monoisotopic (exact) mass is 676 g/mol. The van der Waals surface area contributed by atoms with Gasteiger partial charge in [0, 0.05) is 0 Å². The van der Waals surface area contributed by atoms with Crippen molar-refractivity contribution in [2.45, 2.75) is 0 Å². The number of hydrogen-bond donors (Lipinski definition) is 0. The van der Waals surface area contributed by atoms with Gasteiger partial charge in [-0.1, -0.05) is 6.07 Å². The molecule has 2 aromatic carbocycles. The van der Waals surface area contributed by atoms with Crippen LogP contribution in [-0.4, -0.2) is 0 Å². The topological polar surface area (TPSA) is 0 Å². The van der Waals surface area contributed by atoms with Gasteiger partial charge in [0.15, 0.2) is 0 Å². The average molecular weight is 674 g/mol. The smallest absolute Gasteiger partial charge is 1.00 e. The van der Waals surface area contributed by atoms with Crippen molar-refractivity contribution in [2.75, 3.05) is 0 Å². The molecule has 68 valence electrons. The van der Waals surface area contributed by atoms with Crippen LogP contribution >= 0.6 is 0 Å². The van der Waals surface area contributed by atoms with Crippen LogP contribution < -0.4 is 71.9 Å². The fourth-order valence-corrected chi connectivity index (χ4v) is 1.07. The number of hydrogen-bond acceptors (Lipinski definition) is 0. The Morgan fingerprint density at radius 3 is 2.08 bits per heavy atom. The number of halogens is 3. The van der Waals surface area contributed by atoms with Gasteiger partial charge in [-0.15, -0.1) is 29.7 Å². The van der Waals surface area contributed by atoms with Gasteiger partial charge in [-0.3, -0.25) is 0 Å². The van der Waals surface area contributed by atoms with E-state index in [-0.39, 0.29) is 97.8 Å². The molecule has 0 N–H and O–H groups in total. The molecule has 0 amide bonds. The predicted octanol–water partition coefficient (Wildman–Crippen LogP) is -6.43. The first-order valence-corrected chi connectivity index (χ1v) is 3.07. The normalized spacial score (nSPS) is 7.08. The molecule has 0 fully saturated rings. The molecule has 0 aliphatic rings. The maximum absolute atomic E-state index is 2.12. The van der Waals surface area contributed by atoms with E-state index in [1.54, 1.807) is 0 Å². The third-order valence-electron chi connectivity index (χ3n) is 1.55. The summed E-state index contributed by atoms with van der Waals surface area (Å²) < 4.78 is 0. The Hall–Kier alpha value is 1.89. The molecule has 0 spiro atoms. The van der Waals surface area contributed by atoms with Gasteiger partial charge in [0.1, 0.15) is 0 Å². The molecule has 0 atom stereocenters. The Morgan fingerprint density at radius 1 is 0.846 bits per heavy atom. The first-order chi connectivity index (χ1) is 4.47. The molecular weight excluding hydrogens is 667 g/mol. The van der Waals surface area contributed by atoms with Crippen molar-refractivity contribution in [3.05, 3.63) is 42.5 Å². The molecule has 0 unspecified atom stereocenters. The molecule has 0 aromatic heterocycles. The Kier molecular flexibility index (Phi) is 16.3. The van der Waals surface area contributed by atoms with Gasteiger partial charge < -0.3 is 71.9 Å². The van der Waals surface area contributed by atoms with E-state index in [9.17, 15) is 0 Å². The Labute approximate surface area is 148 Å². The number of rotatable bonds is 0. The SMILES string of the molecule is [Hf+4].[I-].[I-].[I-].c1ccc2[cH-]ccc2c1. The van der Waals surface area contributed by atoms with Crippen LogP contribution in [0.25, 0.3) is 10.8 Å². The van der Waals surface area contributed by atoms with E-state index in [4.69, 9.17) is 0 Å². The predicted molar refractivity (Wildman–Crippen MR) is 39.5 cm³/mol. The molecule has 13 heavy (non-hydrogen) atoms. The van der Waals surface area contributed by atoms with E-state index >= 15 is 0 Å². The zero-order valence-corrected chi connectivity index (χ0v) is 16.7. The Morgan fingerprint density at radius 2 is 1.46 bits per heavy atom. The summed E-state index contributed by atoms with van der Waals surface area (Å²) in [6.45, 7) is 0. The van der Waals surface area contributed by atoms with Crippen LogP contribution in [0.5, 0.6) is 0 Å². The molecule has 4 heteroatoms. The Bertz CT molecular complexity index is 289. The van der Waals surface area contributed by atoms with Gasteiger partial charge >= 0.3 is 25.8 Å². The molecule has 0 heterocycles. The third kappa shape index (κ3) is 5.50. The summed E-state index contributed by atoms with van der Waals surface area (Å²) in [6, 6.07) is 14.7. The largest absolute Gasteiger partial charge is 4.00 e. The first kappa shape index (κ1) is 20.3. The van der Waals surface area contributed by atoms with E-state index < -0.39 is 0 Å². The second-order valence-corrected chi connectivity index (χ2v) is 2.15. The molecule has 0 nitrogen and oxygen atoms in total. The van der Waals surface area contributed by atoms with Crippen molar-refractivity contribution in [1.29, 1.82) is 0 Å². The fraction of sp³-hybridized carbons (Fsp3) is 0. The third-order valence-corrected chi connectivity index (χ3v) is 1.55. The van der Waals surface area contributed by atoms with Crippen molar-refractivity contribution >= 4 is 10.8 Å². The van der Waals surface area contributed by atoms with Crippen LogP contribution in [0.2, 0.25) is 0 Å². The van der Waals surface area contributed by atoms with E-state index in [0.717, 1.165) is 0 Å². The van der Waals surface area contributed by atoms with Crippen molar-refractivity contribution in [3.8, 4) is 0 Å². The average Bonchev–Trinajstić information content (AvgIpc) is 2.33. The van der Waals surface area contributed by atoms with Gasteiger partial charge in [-0.25, -0.2) is 0 Å². The number of benzene rings is 1. The quantitative estimate of drug-likeness (QED) is 0.149. The van der Waals surface area contributed by atoms with Gasteiger partial charge in [-0.2, -0.15) is 17.5 Å². The van der Waals surface area contributed by atoms with Gasteiger partial charge in [0.2, 0.25) is 0 Å². The van der Waals surface area contributed by atoms with E-state index in [1.807, 2.05) is 0 Å². The van der Waals surface area contributed by atoms with Crippen molar-refractivity contribution < 1.29 is 97.8 Å². The van der Waals surface area contributed by atoms with Gasteiger partial charge in [0.25, 0.3) is 0 Å². The summed E-state index contributed by atoms with van der Waals surface area (Å²) >= 11 is 0. The summed E-state index contributed by atoms with van der Waals surface area (Å²) in [5.41, 5.74) is 0. The van der Waals surface area contributed by atoms with Gasteiger partial charge in [0.05, 0.1) is 0 Å². The zero-order valence-electron chi connectivity index (χ0n) is 6.68. The second kappa shape index (κ2) is 10.4. The van der Waals surface area contributed by atoms with Crippen LogP contribution in [0.3, 0.4) is 0 Å².